The molecule has 1 N–H and O–H groups in total. The van der Waals surface area contributed by atoms with Gasteiger partial charge < -0.3 is 14.5 Å². The zero-order chi connectivity index (χ0) is 10.7. The Balaban J connectivity index is 2.02. The largest absolute Gasteiger partial charge is 0.468 e. The Morgan fingerprint density at radius 3 is 2.80 bits per heavy atom. The summed E-state index contributed by atoms with van der Waals surface area (Å²) < 4.78 is 11.0. The van der Waals surface area contributed by atoms with Crippen LogP contribution in [-0.2, 0) is 4.74 Å². The zero-order valence-corrected chi connectivity index (χ0v) is 9.45. The molecule has 1 aliphatic rings. The molecule has 84 valence electrons. The van der Waals surface area contributed by atoms with Gasteiger partial charge in [-0.1, -0.05) is 0 Å². The molecule has 1 heterocycles. The molecule has 3 nitrogen and oxygen atoms in total. The highest BCUT2D eigenvalue weighted by molar-refractivity contribution is 5.07. The monoisotopic (exact) mass is 209 g/mol. The van der Waals surface area contributed by atoms with E-state index in [1.165, 1.54) is 19.3 Å². The van der Waals surface area contributed by atoms with Crippen molar-refractivity contribution in [3.63, 3.8) is 0 Å². The maximum Gasteiger partial charge on any atom is 0.120 e. The molecule has 1 aromatic heterocycles. The summed E-state index contributed by atoms with van der Waals surface area (Å²) in [6, 6.07) is 4.21. The van der Waals surface area contributed by atoms with Crippen molar-refractivity contribution in [3.05, 3.63) is 24.2 Å². The van der Waals surface area contributed by atoms with Gasteiger partial charge in [0.2, 0.25) is 0 Å². The molecule has 1 atom stereocenters. The van der Waals surface area contributed by atoms with Crippen LogP contribution in [0.25, 0.3) is 0 Å². The van der Waals surface area contributed by atoms with E-state index in [1.54, 1.807) is 6.26 Å². The zero-order valence-electron chi connectivity index (χ0n) is 9.45. The topological polar surface area (TPSA) is 34.4 Å². The first-order valence-electron chi connectivity index (χ1n) is 5.55. The number of nitrogens with one attached hydrogen (secondary N) is 1. The average molecular weight is 209 g/mol. The molecule has 2 rings (SSSR count). The van der Waals surface area contributed by atoms with Crippen molar-refractivity contribution in [3.8, 4) is 0 Å². The fourth-order valence-electron chi connectivity index (χ4n) is 2.27. The van der Waals surface area contributed by atoms with E-state index in [4.69, 9.17) is 9.15 Å². The van der Waals surface area contributed by atoms with Crippen molar-refractivity contribution in [1.29, 1.82) is 0 Å². The van der Waals surface area contributed by atoms with E-state index in [9.17, 15) is 0 Å². The number of rotatable bonds is 5. The van der Waals surface area contributed by atoms with Gasteiger partial charge in [-0.05, 0) is 44.9 Å². The molecule has 1 saturated carbocycles. The molecule has 0 saturated heterocycles. The standard InChI is InChI=1S/C12H19NO2/c1-13-10(11-5-3-8-15-11)9-12(14-2)6-4-7-12/h3,5,8,10,13H,4,6-7,9H2,1-2H3. The summed E-state index contributed by atoms with van der Waals surface area (Å²) in [6.07, 6.45) is 6.33. The Morgan fingerprint density at radius 1 is 1.60 bits per heavy atom. The van der Waals surface area contributed by atoms with Crippen molar-refractivity contribution in [2.75, 3.05) is 14.2 Å². The predicted octanol–water partition coefficient (Wildman–Crippen LogP) is 2.50. The van der Waals surface area contributed by atoms with Crippen LogP contribution >= 0.6 is 0 Å². The van der Waals surface area contributed by atoms with Crippen LogP contribution in [0.2, 0.25) is 0 Å². The Morgan fingerprint density at radius 2 is 2.40 bits per heavy atom. The van der Waals surface area contributed by atoms with Crippen LogP contribution in [0, 0.1) is 0 Å². The second kappa shape index (κ2) is 4.37. The minimum Gasteiger partial charge on any atom is -0.468 e. The van der Waals surface area contributed by atoms with E-state index in [1.807, 2.05) is 26.3 Å². The first-order chi connectivity index (χ1) is 7.29. The van der Waals surface area contributed by atoms with E-state index >= 15 is 0 Å². The molecule has 3 heteroatoms. The smallest absolute Gasteiger partial charge is 0.120 e. The molecule has 0 aliphatic heterocycles. The van der Waals surface area contributed by atoms with Gasteiger partial charge in [-0.2, -0.15) is 0 Å². The van der Waals surface area contributed by atoms with Crippen LogP contribution < -0.4 is 5.32 Å². The summed E-state index contributed by atoms with van der Waals surface area (Å²) in [5.74, 6) is 1.00. The molecule has 0 bridgehead atoms. The normalized spacial score (nSPS) is 20.9. The Hall–Kier alpha value is -0.800. The third kappa shape index (κ3) is 2.08. The maximum absolute atomic E-state index is 5.62. The fourth-order valence-corrected chi connectivity index (χ4v) is 2.27. The number of hydrogen-bond donors (Lipinski definition) is 1. The van der Waals surface area contributed by atoms with E-state index in [2.05, 4.69) is 5.32 Å². The number of hydrogen-bond acceptors (Lipinski definition) is 3. The summed E-state index contributed by atoms with van der Waals surface area (Å²) in [5.41, 5.74) is 0.0838. The second-order valence-electron chi connectivity index (χ2n) is 4.30. The number of ether oxygens (including phenoxy) is 1. The van der Waals surface area contributed by atoms with Gasteiger partial charge in [0.25, 0.3) is 0 Å². The molecule has 1 aliphatic carbocycles. The van der Waals surface area contributed by atoms with Crippen LogP contribution in [0.1, 0.15) is 37.5 Å². The molecule has 0 amide bonds. The summed E-state index contributed by atoms with van der Waals surface area (Å²) >= 11 is 0. The van der Waals surface area contributed by atoms with Crippen LogP contribution in [0.15, 0.2) is 22.8 Å². The molecule has 0 radical (unpaired) electrons. The van der Waals surface area contributed by atoms with Crippen LogP contribution in [-0.4, -0.2) is 19.8 Å². The number of methoxy groups -OCH3 is 1. The van der Waals surface area contributed by atoms with Gasteiger partial charge in [-0.25, -0.2) is 0 Å². The second-order valence-corrected chi connectivity index (χ2v) is 4.30. The van der Waals surface area contributed by atoms with Crippen LogP contribution in [0.4, 0.5) is 0 Å². The van der Waals surface area contributed by atoms with Crippen LogP contribution in [0.5, 0.6) is 0 Å². The maximum atomic E-state index is 5.62. The highest BCUT2D eigenvalue weighted by atomic mass is 16.5. The number of furan rings is 1. The van der Waals surface area contributed by atoms with Crippen molar-refractivity contribution in [1.82, 2.24) is 5.32 Å². The molecular weight excluding hydrogens is 190 g/mol. The highest BCUT2D eigenvalue weighted by Gasteiger charge is 2.39. The first kappa shape index (κ1) is 10.7. The summed E-state index contributed by atoms with van der Waals surface area (Å²) in [4.78, 5) is 0. The summed E-state index contributed by atoms with van der Waals surface area (Å²) in [5, 5.41) is 3.29. The van der Waals surface area contributed by atoms with Gasteiger partial charge in [0.05, 0.1) is 17.9 Å². The lowest BCUT2D eigenvalue weighted by molar-refractivity contribution is -0.0845. The molecule has 15 heavy (non-hydrogen) atoms. The van der Waals surface area contributed by atoms with Gasteiger partial charge in [0.1, 0.15) is 5.76 Å². The molecule has 0 spiro atoms. The molecule has 1 fully saturated rings. The van der Waals surface area contributed by atoms with Crippen molar-refractivity contribution in [2.24, 2.45) is 0 Å². The van der Waals surface area contributed by atoms with Gasteiger partial charge >= 0.3 is 0 Å². The van der Waals surface area contributed by atoms with E-state index < -0.39 is 0 Å². The van der Waals surface area contributed by atoms with E-state index in [0.717, 1.165) is 12.2 Å². The Kier molecular flexibility index (Phi) is 3.12. The van der Waals surface area contributed by atoms with Crippen molar-refractivity contribution in [2.45, 2.75) is 37.3 Å². The third-order valence-electron chi connectivity index (χ3n) is 3.51. The minimum absolute atomic E-state index is 0.0838. The van der Waals surface area contributed by atoms with Gasteiger partial charge in [0.15, 0.2) is 0 Å². The Bertz CT molecular complexity index is 285. The van der Waals surface area contributed by atoms with Crippen LogP contribution in [0.3, 0.4) is 0 Å². The lowest BCUT2D eigenvalue weighted by Gasteiger charge is -2.42. The molecular formula is C12H19NO2. The average Bonchev–Trinajstić information content (AvgIpc) is 2.71. The molecule has 1 aromatic rings. The van der Waals surface area contributed by atoms with E-state index in [-0.39, 0.29) is 11.6 Å². The minimum atomic E-state index is 0.0838. The predicted molar refractivity (Wildman–Crippen MR) is 58.7 cm³/mol. The SMILES string of the molecule is CNC(CC1(OC)CCC1)c1ccco1. The summed E-state index contributed by atoms with van der Waals surface area (Å²) in [7, 11) is 3.78. The first-order valence-corrected chi connectivity index (χ1v) is 5.55. The molecule has 1 unspecified atom stereocenters. The van der Waals surface area contributed by atoms with Gasteiger partial charge in [-0.15, -0.1) is 0 Å². The van der Waals surface area contributed by atoms with Crippen molar-refractivity contribution < 1.29 is 9.15 Å². The quantitative estimate of drug-likeness (QED) is 0.809. The third-order valence-corrected chi connectivity index (χ3v) is 3.51. The fraction of sp³-hybridized carbons (Fsp3) is 0.667. The lowest BCUT2D eigenvalue weighted by atomic mass is 9.75. The van der Waals surface area contributed by atoms with Crippen molar-refractivity contribution >= 4 is 0 Å². The van der Waals surface area contributed by atoms with E-state index in [0.29, 0.717) is 0 Å². The lowest BCUT2D eigenvalue weighted by Crippen LogP contribution is -2.42. The summed E-state index contributed by atoms with van der Waals surface area (Å²) in [6.45, 7) is 0. The van der Waals surface area contributed by atoms with Gasteiger partial charge in [-0.3, -0.25) is 0 Å². The highest BCUT2D eigenvalue weighted by Crippen LogP contribution is 2.41. The Labute approximate surface area is 90.8 Å². The van der Waals surface area contributed by atoms with Gasteiger partial charge in [0, 0.05) is 7.11 Å². The molecule has 0 aromatic carbocycles.